The van der Waals surface area contributed by atoms with Gasteiger partial charge in [-0.2, -0.15) is 0 Å². The van der Waals surface area contributed by atoms with Crippen LogP contribution >= 0.6 is 11.3 Å². The van der Waals surface area contributed by atoms with Crippen LogP contribution < -0.4 is 10.9 Å². The number of anilines is 1. The Hall–Kier alpha value is -2.56. The molecule has 0 aliphatic heterocycles. The summed E-state index contributed by atoms with van der Waals surface area (Å²) >= 11 is 1.48. The highest BCUT2D eigenvalue weighted by molar-refractivity contribution is 7.89. The fraction of sp³-hybridized carbons (Fsp3) is 0.381. The van der Waals surface area contributed by atoms with Gasteiger partial charge in [0.15, 0.2) is 0 Å². The lowest BCUT2D eigenvalue weighted by Crippen LogP contribution is -2.24. The summed E-state index contributed by atoms with van der Waals surface area (Å²) in [6.45, 7) is 7.64. The lowest BCUT2D eigenvalue weighted by atomic mass is 10.1. The Morgan fingerprint density at radius 1 is 1.16 bits per heavy atom. The van der Waals surface area contributed by atoms with Gasteiger partial charge in [-0.15, -0.1) is 11.3 Å². The first-order chi connectivity index (χ1) is 14.4. The van der Waals surface area contributed by atoms with Gasteiger partial charge < -0.3 is 5.32 Å². The molecule has 166 valence electrons. The van der Waals surface area contributed by atoms with Crippen molar-refractivity contribution in [2.24, 2.45) is 0 Å². The molecule has 3 aromatic rings. The maximum absolute atomic E-state index is 12.8. The van der Waals surface area contributed by atoms with E-state index < -0.39 is 10.0 Å². The molecule has 2 heterocycles. The van der Waals surface area contributed by atoms with E-state index in [1.807, 2.05) is 20.8 Å². The van der Waals surface area contributed by atoms with Gasteiger partial charge in [0.2, 0.25) is 15.9 Å². The molecule has 0 atom stereocenters. The van der Waals surface area contributed by atoms with Gasteiger partial charge in [0.1, 0.15) is 4.83 Å². The third-order valence-corrected chi connectivity index (χ3v) is 8.34. The minimum atomic E-state index is -3.63. The van der Waals surface area contributed by atoms with Crippen molar-refractivity contribution >= 4 is 43.2 Å². The Labute approximate surface area is 185 Å². The van der Waals surface area contributed by atoms with Crippen molar-refractivity contribution in [1.82, 2.24) is 13.9 Å². The molecule has 0 bridgehead atoms. The average Bonchev–Trinajstić information content (AvgIpc) is 2.99. The Bertz CT molecular complexity index is 1340. The van der Waals surface area contributed by atoms with Gasteiger partial charge in [-0.3, -0.25) is 14.2 Å². The number of rotatable bonds is 6. The van der Waals surface area contributed by atoms with Crippen LogP contribution in [0.1, 0.15) is 28.0 Å². The van der Waals surface area contributed by atoms with Gasteiger partial charge >= 0.3 is 0 Å². The van der Waals surface area contributed by atoms with E-state index in [4.69, 9.17) is 0 Å². The molecule has 1 aromatic carbocycles. The van der Waals surface area contributed by atoms with Crippen molar-refractivity contribution in [1.29, 1.82) is 0 Å². The van der Waals surface area contributed by atoms with Crippen molar-refractivity contribution < 1.29 is 13.2 Å². The number of aromatic nitrogens is 2. The minimum Gasteiger partial charge on any atom is -0.326 e. The summed E-state index contributed by atoms with van der Waals surface area (Å²) in [6.07, 6.45) is 1.52. The molecular formula is C21H26N4O4S2. The van der Waals surface area contributed by atoms with E-state index in [1.165, 1.54) is 42.4 Å². The SMILES string of the molecule is Cc1cc(S(=O)(=O)N(C)C)cc(NC(=O)CCn2cnc3sc(C)c(C)c3c2=O)c1C. The molecule has 10 heteroatoms. The number of sulfonamides is 1. The second kappa shape index (κ2) is 8.52. The number of thiophene rings is 1. The van der Waals surface area contributed by atoms with Crippen LogP contribution in [-0.4, -0.2) is 42.3 Å². The van der Waals surface area contributed by atoms with E-state index >= 15 is 0 Å². The van der Waals surface area contributed by atoms with Crippen LogP contribution in [0.15, 0.2) is 28.2 Å². The monoisotopic (exact) mass is 462 g/mol. The van der Waals surface area contributed by atoms with E-state index in [2.05, 4.69) is 10.3 Å². The maximum Gasteiger partial charge on any atom is 0.262 e. The topological polar surface area (TPSA) is 101 Å². The second-order valence-electron chi connectivity index (χ2n) is 7.70. The highest BCUT2D eigenvalue weighted by atomic mass is 32.2. The molecule has 0 spiro atoms. The zero-order valence-electron chi connectivity index (χ0n) is 18.4. The molecule has 31 heavy (non-hydrogen) atoms. The summed E-state index contributed by atoms with van der Waals surface area (Å²) in [6, 6.07) is 3.05. The standard InChI is InChI=1S/C21H26N4O4S2/c1-12-9-16(31(28,29)24(5)6)10-17(13(12)2)23-18(26)7-8-25-11-22-20-19(21(25)27)14(3)15(4)30-20/h9-11H,7-8H2,1-6H3,(H,23,26). The van der Waals surface area contributed by atoms with Crippen LogP contribution in [0.25, 0.3) is 10.2 Å². The molecule has 0 fully saturated rings. The molecule has 0 saturated carbocycles. The highest BCUT2D eigenvalue weighted by Crippen LogP contribution is 2.26. The first-order valence-electron chi connectivity index (χ1n) is 9.72. The van der Waals surface area contributed by atoms with Crippen molar-refractivity contribution in [2.45, 2.75) is 45.6 Å². The van der Waals surface area contributed by atoms with E-state index in [9.17, 15) is 18.0 Å². The zero-order chi connectivity index (χ0) is 23.1. The normalized spacial score (nSPS) is 12.0. The van der Waals surface area contributed by atoms with E-state index in [1.54, 1.807) is 13.0 Å². The van der Waals surface area contributed by atoms with Crippen LogP contribution in [0.2, 0.25) is 0 Å². The fourth-order valence-corrected chi connectivity index (χ4v) is 5.18. The number of nitrogens with zero attached hydrogens (tertiary/aromatic N) is 3. The summed E-state index contributed by atoms with van der Waals surface area (Å²) in [5.74, 6) is -0.313. The summed E-state index contributed by atoms with van der Waals surface area (Å²) < 4.78 is 27.5. The molecule has 0 aliphatic carbocycles. The molecule has 0 saturated heterocycles. The molecular weight excluding hydrogens is 436 g/mol. The average molecular weight is 463 g/mol. The second-order valence-corrected chi connectivity index (χ2v) is 11.1. The number of carbonyl (C=O) groups is 1. The summed E-state index contributed by atoms with van der Waals surface area (Å²) in [7, 11) is -0.708. The van der Waals surface area contributed by atoms with Crippen LogP contribution in [0.4, 0.5) is 5.69 Å². The minimum absolute atomic E-state index is 0.0540. The Balaban J connectivity index is 1.81. The summed E-state index contributed by atoms with van der Waals surface area (Å²) in [5, 5.41) is 3.39. The first-order valence-corrected chi connectivity index (χ1v) is 12.0. The molecule has 2 aromatic heterocycles. The number of hydrogen-bond donors (Lipinski definition) is 1. The number of fused-ring (bicyclic) bond motifs is 1. The lowest BCUT2D eigenvalue weighted by molar-refractivity contribution is -0.116. The third kappa shape index (κ3) is 4.41. The maximum atomic E-state index is 12.8. The van der Waals surface area contributed by atoms with Gasteiger partial charge in [0.25, 0.3) is 5.56 Å². The molecule has 3 rings (SSSR count). The summed E-state index contributed by atoms with van der Waals surface area (Å²) in [5.41, 5.74) is 2.74. The van der Waals surface area contributed by atoms with Crippen molar-refractivity contribution in [3.8, 4) is 0 Å². The molecule has 1 amide bonds. The van der Waals surface area contributed by atoms with Gasteiger partial charge in [-0.25, -0.2) is 17.7 Å². The van der Waals surface area contributed by atoms with Gasteiger partial charge in [-0.05, 0) is 56.5 Å². The predicted molar refractivity (Wildman–Crippen MR) is 123 cm³/mol. The lowest BCUT2D eigenvalue weighted by Gasteiger charge is -2.16. The number of carbonyl (C=O) groups excluding carboxylic acids is 1. The Morgan fingerprint density at radius 3 is 2.48 bits per heavy atom. The number of nitrogens with one attached hydrogen (secondary N) is 1. The zero-order valence-corrected chi connectivity index (χ0v) is 20.1. The van der Waals surface area contributed by atoms with Gasteiger partial charge in [0, 0.05) is 37.6 Å². The number of aryl methyl sites for hydroxylation is 4. The number of hydrogen-bond acceptors (Lipinski definition) is 6. The van der Waals surface area contributed by atoms with Gasteiger partial charge in [-0.1, -0.05) is 0 Å². The van der Waals surface area contributed by atoms with Crippen molar-refractivity contribution in [3.05, 3.63) is 50.4 Å². The smallest absolute Gasteiger partial charge is 0.262 e. The van der Waals surface area contributed by atoms with E-state index in [0.717, 1.165) is 25.9 Å². The van der Waals surface area contributed by atoms with Gasteiger partial charge in [0.05, 0.1) is 16.6 Å². The third-order valence-electron chi connectivity index (χ3n) is 5.43. The predicted octanol–water partition coefficient (Wildman–Crippen LogP) is 2.97. The Morgan fingerprint density at radius 2 is 1.84 bits per heavy atom. The van der Waals surface area contributed by atoms with E-state index in [-0.39, 0.29) is 29.3 Å². The quantitative estimate of drug-likeness (QED) is 0.607. The van der Waals surface area contributed by atoms with Crippen LogP contribution in [0.3, 0.4) is 0 Å². The molecule has 1 N–H and O–H groups in total. The molecule has 0 unspecified atom stereocenters. The Kier molecular flexibility index (Phi) is 6.35. The van der Waals surface area contributed by atoms with E-state index in [0.29, 0.717) is 15.9 Å². The van der Waals surface area contributed by atoms with Crippen LogP contribution in [0.5, 0.6) is 0 Å². The molecule has 8 nitrogen and oxygen atoms in total. The fourth-order valence-electron chi connectivity index (χ4n) is 3.18. The summed E-state index contributed by atoms with van der Waals surface area (Å²) in [4.78, 5) is 31.6. The number of benzene rings is 1. The molecule has 0 radical (unpaired) electrons. The van der Waals surface area contributed by atoms with Crippen LogP contribution in [0, 0.1) is 27.7 Å². The highest BCUT2D eigenvalue weighted by Gasteiger charge is 2.20. The first kappa shape index (κ1) is 23.1. The van der Waals surface area contributed by atoms with Crippen LogP contribution in [-0.2, 0) is 21.4 Å². The van der Waals surface area contributed by atoms with Crippen molar-refractivity contribution in [2.75, 3.05) is 19.4 Å². The molecule has 0 aliphatic rings. The van der Waals surface area contributed by atoms with Crippen molar-refractivity contribution in [3.63, 3.8) is 0 Å². The number of amides is 1. The largest absolute Gasteiger partial charge is 0.326 e.